The first-order valence-corrected chi connectivity index (χ1v) is 3.48. The Morgan fingerprint density at radius 3 is 3.08 bits per heavy atom. The third-order valence-corrected chi connectivity index (χ3v) is 1.34. The smallest absolute Gasteiger partial charge is 0.213 e. The second-order valence-electron chi connectivity index (χ2n) is 2.16. The highest BCUT2D eigenvalue weighted by Gasteiger charge is 1.98. The lowest BCUT2D eigenvalue weighted by Gasteiger charge is -1.95. The lowest BCUT2D eigenvalue weighted by Crippen LogP contribution is -1.99. The molecule has 2 aromatic heterocycles. The number of rotatable bonds is 3. The van der Waals surface area contributed by atoms with Crippen molar-refractivity contribution in [3.05, 3.63) is 30.7 Å². The van der Waals surface area contributed by atoms with Crippen LogP contribution in [-0.4, -0.2) is 10.1 Å². The average molecular weight is 165 g/mol. The Kier molecular flexibility index (Phi) is 1.77. The third kappa shape index (κ3) is 1.45. The molecule has 12 heavy (non-hydrogen) atoms. The van der Waals surface area contributed by atoms with E-state index in [0.717, 1.165) is 0 Å². The number of oxazole rings is 1. The van der Waals surface area contributed by atoms with Gasteiger partial charge in [0.25, 0.3) is 0 Å². The van der Waals surface area contributed by atoms with Crippen molar-refractivity contribution < 1.29 is 8.94 Å². The summed E-state index contributed by atoms with van der Waals surface area (Å²) in [6.07, 6.45) is 4.62. The minimum absolute atomic E-state index is 0.513. The van der Waals surface area contributed by atoms with Crippen LogP contribution in [0, 0.1) is 0 Å². The van der Waals surface area contributed by atoms with Crippen LogP contribution in [-0.2, 0) is 6.54 Å². The Hall–Kier alpha value is -1.78. The molecule has 0 aromatic carbocycles. The number of aromatic nitrogens is 2. The number of anilines is 1. The largest absolute Gasteiger partial charge is 0.447 e. The number of nitrogens with zero attached hydrogens (tertiary/aromatic N) is 2. The Labute approximate surface area is 68.4 Å². The van der Waals surface area contributed by atoms with Gasteiger partial charge in [0.2, 0.25) is 5.89 Å². The summed E-state index contributed by atoms with van der Waals surface area (Å²) in [5.74, 6) is 1.30. The van der Waals surface area contributed by atoms with Gasteiger partial charge >= 0.3 is 0 Å². The molecule has 0 unspecified atom stereocenters. The van der Waals surface area contributed by atoms with Gasteiger partial charge in [-0.05, 0) is 0 Å². The van der Waals surface area contributed by atoms with Crippen molar-refractivity contribution in [2.75, 3.05) is 5.32 Å². The van der Waals surface area contributed by atoms with Gasteiger partial charge in [-0.2, -0.15) is 0 Å². The van der Waals surface area contributed by atoms with Crippen LogP contribution >= 0.6 is 0 Å². The summed E-state index contributed by atoms with van der Waals surface area (Å²) in [5.41, 5.74) is 0. The minimum atomic E-state index is 0.513. The van der Waals surface area contributed by atoms with E-state index < -0.39 is 0 Å². The van der Waals surface area contributed by atoms with Crippen LogP contribution in [0.25, 0.3) is 0 Å². The molecule has 0 aliphatic carbocycles. The number of hydrogen-bond acceptors (Lipinski definition) is 5. The third-order valence-electron chi connectivity index (χ3n) is 1.34. The van der Waals surface area contributed by atoms with Crippen LogP contribution in [0.1, 0.15) is 5.89 Å². The summed E-state index contributed by atoms with van der Waals surface area (Å²) in [4.78, 5) is 3.93. The summed E-state index contributed by atoms with van der Waals surface area (Å²) in [7, 11) is 0. The molecule has 5 nitrogen and oxygen atoms in total. The zero-order valence-electron chi connectivity index (χ0n) is 6.23. The molecule has 2 rings (SSSR count). The summed E-state index contributed by atoms with van der Waals surface area (Å²) in [6.45, 7) is 0.513. The molecule has 0 aliphatic rings. The fourth-order valence-corrected chi connectivity index (χ4v) is 0.810. The van der Waals surface area contributed by atoms with E-state index >= 15 is 0 Å². The lowest BCUT2D eigenvalue weighted by atomic mass is 10.6. The van der Waals surface area contributed by atoms with Gasteiger partial charge in [-0.3, -0.25) is 0 Å². The molecule has 5 heteroatoms. The zero-order valence-corrected chi connectivity index (χ0v) is 6.23. The van der Waals surface area contributed by atoms with Gasteiger partial charge in [-0.15, -0.1) is 0 Å². The predicted molar refractivity (Wildman–Crippen MR) is 40.3 cm³/mol. The van der Waals surface area contributed by atoms with Crippen molar-refractivity contribution in [1.29, 1.82) is 0 Å². The molecule has 0 spiro atoms. The maximum absolute atomic E-state index is 5.00. The van der Waals surface area contributed by atoms with Gasteiger partial charge in [0.05, 0.1) is 12.7 Å². The molecule has 62 valence electrons. The standard InChI is InChI=1S/C7H7N3O2/c1-3-12-10-6(1)9-5-7-8-2-4-11-7/h1-4H,5H2,(H,9,10). The number of nitrogens with one attached hydrogen (secondary N) is 1. The van der Waals surface area contributed by atoms with Crippen LogP contribution in [0.3, 0.4) is 0 Å². The first-order valence-electron chi connectivity index (χ1n) is 3.48. The Morgan fingerprint density at radius 2 is 2.42 bits per heavy atom. The molecular weight excluding hydrogens is 158 g/mol. The highest BCUT2D eigenvalue weighted by atomic mass is 16.5. The van der Waals surface area contributed by atoms with E-state index in [-0.39, 0.29) is 0 Å². The topological polar surface area (TPSA) is 64.1 Å². The minimum Gasteiger partial charge on any atom is -0.447 e. The van der Waals surface area contributed by atoms with Gasteiger partial charge in [-0.25, -0.2) is 4.98 Å². The summed E-state index contributed by atoms with van der Waals surface area (Å²) in [6, 6.07) is 1.73. The summed E-state index contributed by atoms with van der Waals surface area (Å²) >= 11 is 0. The first kappa shape index (κ1) is 6.90. The molecule has 0 saturated carbocycles. The van der Waals surface area contributed by atoms with Gasteiger partial charge in [0.15, 0.2) is 5.82 Å². The van der Waals surface area contributed by atoms with Gasteiger partial charge in [0, 0.05) is 6.07 Å². The molecule has 0 radical (unpaired) electrons. The molecule has 0 fully saturated rings. The SMILES string of the molecule is c1coc(CNc2ccon2)n1. The van der Waals surface area contributed by atoms with E-state index in [2.05, 4.69) is 20.0 Å². The predicted octanol–water partition coefficient (Wildman–Crippen LogP) is 1.27. The average Bonchev–Trinajstić information content (AvgIpc) is 2.74. The van der Waals surface area contributed by atoms with Crippen LogP contribution in [0.5, 0.6) is 0 Å². The van der Waals surface area contributed by atoms with E-state index in [0.29, 0.717) is 18.3 Å². The fraction of sp³-hybridized carbons (Fsp3) is 0.143. The maximum Gasteiger partial charge on any atom is 0.213 e. The van der Waals surface area contributed by atoms with Crippen molar-refractivity contribution in [1.82, 2.24) is 10.1 Å². The van der Waals surface area contributed by atoms with E-state index in [9.17, 15) is 0 Å². The Balaban J connectivity index is 1.91. The molecule has 2 heterocycles. The van der Waals surface area contributed by atoms with Crippen molar-refractivity contribution in [3.63, 3.8) is 0 Å². The second kappa shape index (κ2) is 3.08. The van der Waals surface area contributed by atoms with Crippen LogP contribution in [0.15, 0.2) is 33.7 Å². The van der Waals surface area contributed by atoms with Crippen molar-refractivity contribution >= 4 is 5.82 Å². The first-order chi connectivity index (χ1) is 5.95. The fourth-order valence-electron chi connectivity index (χ4n) is 0.810. The van der Waals surface area contributed by atoms with Crippen LogP contribution < -0.4 is 5.32 Å². The molecule has 2 aromatic rings. The van der Waals surface area contributed by atoms with E-state index in [1.54, 1.807) is 12.3 Å². The summed E-state index contributed by atoms with van der Waals surface area (Å²) in [5, 5.41) is 6.63. The van der Waals surface area contributed by atoms with Gasteiger partial charge in [0.1, 0.15) is 12.5 Å². The maximum atomic E-state index is 5.00. The molecule has 0 bridgehead atoms. The van der Waals surface area contributed by atoms with E-state index in [1.165, 1.54) is 12.5 Å². The van der Waals surface area contributed by atoms with Gasteiger partial charge < -0.3 is 14.3 Å². The monoisotopic (exact) mass is 165 g/mol. The van der Waals surface area contributed by atoms with Crippen molar-refractivity contribution in [2.24, 2.45) is 0 Å². The van der Waals surface area contributed by atoms with Crippen molar-refractivity contribution in [2.45, 2.75) is 6.54 Å². The van der Waals surface area contributed by atoms with Crippen molar-refractivity contribution in [3.8, 4) is 0 Å². The van der Waals surface area contributed by atoms with Gasteiger partial charge in [-0.1, -0.05) is 5.16 Å². The normalized spacial score (nSPS) is 10.0. The van der Waals surface area contributed by atoms with E-state index in [1.807, 2.05) is 0 Å². The highest BCUT2D eigenvalue weighted by molar-refractivity contribution is 5.30. The van der Waals surface area contributed by atoms with E-state index in [4.69, 9.17) is 4.42 Å². The quantitative estimate of drug-likeness (QED) is 0.742. The molecule has 0 saturated heterocycles. The molecule has 0 atom stereocenters. The second-order valence-corrected chi connectivity index (χ2v) is 2.16. The molecule has 0 amide bonds. The summed E-state index contributed by atoms with van der Waals surface area (Å²) < 4.78 is 9.62. The Bertz CT molecular complexity index is 280. The lowest BCUT2D eigenvalue weighted by molar-refractivity contribution is 0.421. The molecular formula is C7H7N3O2. The highest BCUT2D eigenvalue weighted by Crippen LogP contribution is 2.03. The Morgan fingerprint density at radius 1 is 1.42 bits per heavy atom. The van der Waals surface area contributed by atoms with Crippen LogP contribution in [0.2, 0.25) is 0 Å². The zero-order chi connectivity index (χ0) is 8.23. The molecule has 0 aliphatic heterocycles. The van der Waals surface area contributed by atoms with Crippen LogP contribution in [0.4, 0.5) is 5.82 Å². The number of hydrogen-bond donors (Lipinski definition) is 1. The molecule has 1 N–H and O–H groups in total.